The lowest BCUT2D eigenvalue weighted by Gasteiger charge is -2.42. The monoisotopic (exact) mass is 672 g/mol. The first-order valence-electron chi connectivity index (χ1n) is 16.2. The molecule has 0 atom stereocenters. The Labute approximate surface area is 281 Å². The summed E-state index contributed by atoms with van der Waals surface area (Å²) in [4.78, 5) is 14.4. The summed E-state index contributed by atoms with van der Waals surface area (Å²) in [6, 6.07) is 16.3. The topological polar surface area (TPSA) is 102 Å². The number of carbonyl (C=O) groups is 1. The number of hydrogen-bond donors (Lipinski definition) is 1. The van der Waals surface area contributed by atoms with E-state index in [9.17, 15) is 9.90 Å². The first kappa shape index (κ1) is 37.5. The first-order valence-corrected chi connectivity index (χ1v) is 17.8. The maximum atomic E-state index is 13.1. The van der Waals surface area contributed by atoms with Crippen LogP contribution in [0.2, 0.25) is 0 Å². The van der Waals surface area contributed by atoms with Crippen LogP contribution in [0.1, 0.15) is 83.1 Å². The third-order valence-electron chi connectivity index (χ3n) is 6.03. The van der Waals surface area contributed by atoms with E-state index >= 15 is 0 Å². The van der Waals surface area contributed by atoms with E-state index in [1.165, 1.54) is 0 Å². The molecule has 0 amide bonds. The predicted octanol–water partition coefficient (Wildman–Crippen LogP) is 10.3. The average Bonchev–Trinajstić information content (AvgIpc) is 2.90. The van der Waals surface area contributed by atoms with E-state index in [4.69, 9.17) is 32.6 Å². The molecule has 10 heteroatoms. The van der Waals surface area contributed by atoms with Crippen LogP contribution >= 0.6 is 10.3 Å². The lowest BCUT2D eigenvalue weighted by molar-refractivity contribution is 0.149. The Bertz CT molecular complexity index is 1320. The molecule has 0 spiro atoms. The normalized spacial score (nSPS) is 12.2. The number of carboxylic acid groups (broad SMARTS) is 1. The summed E-state index contributed by atoms with van der Waals surface area (Å²) in [5.41, 5.74) is 0. The number of rotatable bonds is 16. The van der Waals surface area contributed by atoms with Crippen molar-refractivity contribution in [3.8, 4) is 34.5 Å². The molecule has 1 N–H and O–H groups in total. The van der Waals surface area contributed by atoms with E-state index < -0.39 is 16.5 Å². The van der Waals surface area contributed by atoms with Gasteiger partial charge in [-0.05, 0) is 95.2 Å². The van der Waals surface area contributed by atoms with Crippen molar-refractivity contribution in [3.63, 3.8) is 0 Å². The van der Waals surface area contributed by atoms with Gasteiger partial charge in [0.25, 0.3) is 0 Å². The molecule has 0 heterocycles. The Morgan fingerprint density at radius 3 is 1.06 bits per heavy atom. The Morgan fingerprint density at radius 1 is 0.511 bits per heavy atom. The summed E-state index contributed by atoms with van der Waals surface area (Å²) in [6.45, 7) is 22.9. The summed E-state index contributed by atoms with van der Waals surface area (Å²) >= 11 is 0. The van der Waals surface area contributed by atoms with Crippen LogP contribution in [0.5, 0.6) is 34.5 Å². The van der Waals surface area contributed by atoms with E-state index in [2.05, 4.69) is 0 Å². The van der Waals surface area contributed by atoms with Gasteiger partial charge in [-0.15, -0.1) is 0 Å². The lowest BCUT2D eigenvalue weighted by Crippen LogP contribution is -2.20. The van der Waals surface area contributed by atoms with Crippen molar-refractivity contribution >= 4 is 16.5 Å². The van der Waals surface area contributed by atoms with Gasteiger partial charge in [-0.25, -0.2) is 4.79 Å². The van der Waals surface area contributed by atoms with Crippen LogP contribution in [0, 0.1) is 0 Å². The second-order valence-corrected chi connectivity index (χ2v) is 15.3. The number of benzene rings is 3. The molecule has 260 valence electrons. The lowest BCUT2D eigenvalue weighted by atomic mass is 10.2. The SMILES string of the molecule is CC(C)Oc1cc(OC(C)C)c(S(OC(=O)O)(c2ccccc2)c2c(OC(C)C)cc(OC(C)C)cc2OC(C)C)c(OC(C)C)c1. The van der Waals surface area contributed by atoms with Gasteiger partial charge < -0.3 is 37.7 Å². The quantitative estimate of drug-likeness (QED) is 0.159. The largest absolute Gasteiger partial charge is 0.517 e. The predicted molar refractivity (Wildman–Crippen MR) is 185 cm³/mol. The molecule has 0 aromatic heterocycles. The average molecular weight is 673 g/mol. The van der Waals surface area contributed by atoms with Crippen molar-refractivity contribution in [2.24, 2.45) is 0 Å². The zero-order valence-electron chi connectivity index (χ0n) is 29.8. The summed E-state index contributed by atoms with van der Waals surface area (Å²) in [5, 5.41) is 10.7. The Morgan fingerprint density at radius 2 is 0.809 bits per heavy atom. The minimum Gasteiger partial charge on any atom is -0.491 e. The van der Waals surface area contributed by atoms with Crippen LogP contribution in [-0.2, 0) is 4.18 Å². The van der Waals surface area contributed by atoms with Crippen LogP contribution in [0.4, 0.5) is 4.79 Å². The molecule has 3 rings (SSSR count). The van der Waals surface area contributed by atoms with Crippen molar-refractivity contribution in [3.05, 3.63) is 54.6 Å². The Balaban J connectivity index is 2.74. The minimum atomic E-state index is -3.34. The van der Waals surface area contributed by atoms with Gasteiger partial charge in [-0.3, -0.25) is 0 Å². The van der Waals surface area contributed by atoms with Gasteiger partial charge in [0.15, 0.2) is 0 Å². The minimum absolute atomic E-state index is 0.147. The molecular weight excluding hydrogens is 620 g/mol. The third-order valence-corrected chi connectivity index (χ3v) is 9.31. The maximum Gasteiger partial charge on any atom is 0.517 e. The highest BCUT2D eigenvalue weighted by Gasteiger charge is 2.47. The molecule has 0 aliphatic rings. The molecule has 0 fully saturated rings. The van der Waals surface area contributed by atoms with Crippen LogP contribution in [-0.4, -0.2) is 47.9 Å². The summed E-state index contributed by atoms with van der Waals surface area (Å²) in [6.07, 6.45) is -2.98. The molecule has 0 aliphatic heterocycles. The summed E-state index contributed by atoms with van der Waals surface area (Å²) in [7, 11) is -3.34. The van der Waals surface area contributed by atoms with Crippen LogP contribution in [0.25, 0.3) is 0 Å². The molecule has 9 nitrogen and oxygen atoms in total. The van der Waals surface area contributed by atoms with Gasteiger partial charge in [0, 0.05) is 39.5 Å². The summed E-state index contributed by atoms with van der Waals surface area (Å²) in [5.74, 6) is 2.41. The zero-order chi connectivity index (χ0) is 35.1. The summed E-state index contributed by atoms with van der Waals surface area (Å²) < 4.78 is 44.7. The number of ether oxygens (including phenoxy) is 6. The molecule has 3 aromatic rings. The van der Waals surface area contributed by atoms with E-state index in [1.807, 2.05) is 113 Å². The van der Waals surface area contributed by atoms with Crippen molar-refractivity contribution in [2.75, 3.05) is 0 Å². The van der Waals surface area contributed by atoms with E-state index in [1.54, 1.807) is 24.3 Å². The van der Waals surface area contributed by atoms with Crippen molar-refractivity contribution in [1.29, 1.82) is 0 Å². The highest BCUT2D eigenvalue weighted by Crippen LogP contribution is 2.77. The molecule has 0 unspecified atom stereocenters. The molecule has 0 radical (unpaired) electrons. The van der Waals surface area contributed by atoms with Crippen molar-refractivity contribution < 1.29 is 42.5 Å². The molecular formula is C37H52O9S. The Kier molecular flexibility index (Phi) is 13.0. The fraction of sp³-hybridized carbons (Fsp3) is 0.486. The first-order chi connectivity index (χ1) is 22.0. The van der Waals surface area contributed by atoms with Gasteiger partial charge in [-0.2, -0.15) is 0 Å². The number of hydrogen-bond acceptors (Lipinski definition) is 8. The fourth-order valence-electron chi connectivity index (χ4n) is 4.91. The molecule has 3 aromatic carbocycles. The van der Waals surface area contributed by atoms with Gasteiger partial charge in [-0.1, -0.05) is 18.2 Å². The fourth-order valence-corrected chi connectivity index (χ4v) is 8.16. The zero-order valence-corrected chi connectivity index (χ0v) is 30.6. The van der Waals surface area contributed by atoms with E-state index in [-0.39, 0.29) is 36.6 Å². The van der Waals surface area contributed by atoms with Crippen LogP contribution < -0.4 is 28.4 Å². The molecule has 47 heavy (non-hydrogen) atoms. The van der Waals surface area contributed by atoms with Crippen LogP contribution in [0.15, 0.2) is 69.3 Å². The molecule has 0 aliphatic carbocycles. The second-order valence-electron chi connectivity index (χ2n) is 12.7. The smallest absolute Gasteiger partial charge is 0.491 e. The van der Waals surface area contributed by atoms with Gasteiger partial charge >= 0.3 is 6.16 Å². The Hall–Kier alpha value is -3.92. The second kappa shape index (κ2) is 16.3. The van der Waals surface area contributed by atoms with Crippen molar-refractivity contribution in [1.82, 2.24) is 0 Å². The molecule has 0 saturated carbocycles. The van der Waals surface area contributed by atoms with Crippen molar-refractivity contribution in [2.45, 2.75) is 134 Å². The van der Waals surface area contributed by atoms with Gasteiger partial charge in [0.1, 0.15) is 44.3 Å². The molecule has 0 saturated heterocycles. The highest BCUT2D eigenvalue weighted by atomic mass is 32.3. The molecule has 0 bridgehead atoms. The maximum absolute atomic E-state index is 13.1. The van der Waals surface area contributed by atoms with E-state index in [0.29, 0.717) is 49.2 Å². The standard InChI is InChI=1S/C37H52O9S/c1-22(2)40-28-18-31(42-24(5)6)35(32(19-28)43-25(7)8)47(46-37(38)39,30-16-14-13-15-17-30)36-33(44-26(9)10)20-29(41-23(3)4)21-34(36)45-27(11)12/h13-27H,1-12H3,(H,38,39). The van der Waals surface area contributed by atoms with Crippen LogP contribution in [0.3, 0.4) is 0 Å². The van der Waals surface area contributed by atoms with Gasteiger partial charge in [0.05, 0.1) is 36.6 Å². The van der Waals surface area contributed by atoms with Gasteiger partial charge in [0.2, 0.25) is 0 Å². The highest BCUT2D eigenvalue weighted by molar-refractivity contribution is 8.30. The van der Waals surface area contributed by atoms with E-state index in [0.717, 1.165) is 0 Å². The third kappa shape index (κ3) is 9.79.